The van der Waals surface area contributed by atoms with E-state index >= 15 is 0 Å². The van der Waals surface area contributed by atoms with E-state index < -0.39 is 6.10 Å². The summed E-state index contributed by atoms with van der Waals surface area (Å²) < 4.78 is 17.3. The van der Waals surface area contributed by atoms with Gasteiger partial charge in [0.25, 0.3) is 0 Å². The highest BCUT2D eigenvalue weighted by Gasteiger charge is 2.17. The Balaban J connectivity index is 3.95. The minimum atomic E-state index is -0.528. The van der Waals surface area contributed by atoms with Crippen LogP contribution < -0.4 is 0 Å². The van der Waals surface area contributed by atoms with Crippen molar-refractivity contribution in [2.45, 2.75) is 297 Å². The van der Waals surface area contributed by atoms with E-state index in [1.54, 1.807) is 0 Å². The summed E-state index contributed by atoms with van der Waals surface area (Å²) in [5, 5.41) is 0. The van der Waals surface area contributed by atoms with Crippen LogP contribution in [0.25, 0.3) is 0 Å². The number of esters is 2. The Bertz CT molecular complexity index is 913. The molecule has 5 heteroatoms. The van der Waals surface area contributed by atoms with Crippen LogP contribution >= 0.6 is 0 Å². The van der Waals surface area contributed by atoms with Gasteiger partial charge in [-0.2, -0.15) is 0 Å². The zero-order valence-corrected chi connectivity index (χ0v) is 40.7. The van der Waals surface area contributed by atoms with Gasteiger partial charge in [-0.05, 0) is 70.6 Å². The number of ether oxygens (including phenoxy) is 3. The van der Waals surface area contributed by atoms with Gasteiger partial charge in [-0.25, -0.2) is 0 Å². The molecule has 1 atom stereocenters. The molecule has 0 saturated heterocycles. The van der Waals surface area contributed by atoms with Crippen molar-refractivity contribution in [3.8, 4) is 0 Å². The first-order valence-corrected chi connectivity index (χ1v) is 26.9. The van der Waals surface area contributed by atoms with Crippen LogP contribution in [0.1, 0.15) is 290 Å². The molecule has 0 spiro atoms. The first kappa shape index (κ1) is 58.4. The van der Waals surface area contributed by atoms with Crippen LogP contribution in [-0.4, -0.2) is 37.9 Å². The van der Waals surface area contributed by atoms with Crippen molar-refractivity contribution in [3.05, 3.63) is 24.3 Å². The lowest BCUT2D eigenvalue weighted by Gasteiger charge is -2.18. The summed E-state index contributed by atoms with van der Waals surface area (Å²) in [6.07, 6.45) is 60.8. The van der Waals surface area contributed by atoms with Crippen LogP contribution in [0, 0.1) is 0 Å². The van der Waals surface area contributed by atoms with E-state index in [-0.39, 0.29) is 18.5 Å². The van der Waals surface area contributed by atoms with Crippen LogP contribution in [0.15, 0.2) is 24.3 Å². The van der Waals surface area contributed by atoms with Crippen molar-refractivity contribution in [2.75, 3.05) is 19.8 Å². The van der Waals surface area contributed by atoms with Gasteiger partial charge in [0.05, 0.1) is 6.61 Å². The highest BCUT2D eigenvalue weighted by atomic mass is 16.6. The second-order valence-corrected chi connectivity index (χ2v) is 18.1. The monoisotopic (exact) mass is 845 g/mol. The number of rotatable bonds is 50. The average molecular weight is 845 g/mol. The lowest BCUT2D eigenvalue weighted by atomic mass is 10.1. The molecule has 0 N–H and O–H groups in total. The molecule has 0 aliphatic heterocycles. The molecule has 0 saturated carbocycles. The summed E-state index contributed by atoms with van der Waals surface area (Å²) in [6, 6.07) is 0. The summed E-state index contributed by atoms with van der Waals surface area (Å²) in [5.74, 6) is -0.398. The molecule has 0 fully saturated rings. The molecular formula is C55H104O5. The van der Waals surface area contributed by atoms with Gasteiger partial charge in [-0.1, -0.05) is 231 Å². The fourth-order valence-electron chi connectivity index (χ4n) is 7.91. The summed E-state index contributed by atoms with van der Waals surface area (Å²) in [7, 11) is 0. The molecule has 0 aromatic rings. The topological polar surface area (TPSA) is 61.8 Å². The molecule has 0 aromatic heterocycles. The van der Waals surface area contributed by atoms with Gasteiger partial charge >= 0.3 is 11.9 Å². The van der Waals surface area contributed by atoms with E-state index in [4.69, 9.17) is 14.2 Å². The molecule has 0 aliphatic carbocycles. The molecule has 0 aromatic carbocycles. The van der Waals surface area contributed by atoms with E-state index in [0.29, 0.717) is 26.1 Å². The molecular weight excluding hydrogens is 741 g/mol. The maximum atomic E-state index is 12.6. The van der Waals surface area contributed by atoms with Crippen LogP contribution in [-0.2, 0) is 23.8 Å². The molecule has 0 heterocycles. The Morgan fingerprint density at radius 1 is 0.350 bits per heavy atom. The van der Waals surface area contributed by atoms with Gasteiger partial charge in [0, 0.05) is 19.4 Å². The van der Waals surface area contributed by atoms with Crippen molar-refractivity contribution >= 4 is 11.9 Å². The van der Waals surface area contributed by atoms with Gasteiger partial charge in [-0.3, -0.25) is 9.59 Å². The second kappa shape index (κ2) is 51.7. The lowest BCUT2D eigenvalue weighted by molar-refractivity contribution is -0.163. The van der Waals surface area contributed by atoms with E-state index in [2.05, 4.69) is 45.1 Å². The lowest BCUT2D eigenvalue weighted by Crippen LogP contribution is -2.30. The van der Waals surface area contributed by atoms with E-state index in [9.17, 15) is 9.59 Å². The Labute approximate surface area is 375 Å². The van der Waals surface area contributed by atoms with Gasteiger partial charge in [0.2, 0.25) is 0 Å². The third kappa shape index (κ3) is 49.0. The average Bonchev–Trinajstić information content (AvgIpc) is 3.25. The Morgan fingerprint density at radius 2 is 0.650 bits per heavy atom. The molecule has 0 bridgehead atoms. The van der Waals surface area contributed by atoms with Crippen LogP contribution in [0.2, 0.25) is 0 Å². The van der Waals surface area contributed by atoms with E-state index in [0.717, 1.165) is 38.5 Å². The molecule has 60 heavy (non-hydrogen) atoms. The molecule has 0 aliphatic rings. The van der Waals surface area contributed by atoms with E-state index in [1.807, 2.05) is 0 Å². The van der Waals surface area contributed by atoms with Crippen molar-refractivity contribution in [1.29, 1.82) is 0 Å². The maximum Gasteiger partial charge on any atom is 0.306 e. The van der Waals surface area contributed by atoms with Gasteiger partial charge < -0.3 is 14.2 Å². The third-order valence-electron chi connectivity index (χ3n) is 12.0. The van der Waals surface area contributed by atoms with Gasteiger partial charge in [-0.15, -0.1) is 0 Å². The molecule has 5 nitrogen and oxygen atoms in total. The fourth-order valence-corrected chi connectivity index (χ4v) is 7.91. The van der Waals surface area contributed by atoms with Crippen molar-refractivity contribution in [2.24, 2.45) is 0 Å². The fraction of sp³-hybridized carbons (Fsp3) is 0.891. The number of unbranched alkanes of at least 4 members (excludes halogenated alkanes) is 35. The highest BCUT2D eigenvalue weighted by molar-refractivity contribution is 5.70. The summed E-state index contributed by atoms with van der Waals surface area (Å²) in [6.45, 7) is 7.79. The predicted octanol–water partition coefficient (Wildman–Crippen LogP) is 18.0. The summed E-state index contributed by atoms with van der Waals surface area (Å²) in [4.78, 5) is 25.1. The van der Waals surface area contributed by atoms with Crippen molar-refractivity contribution in [1.82, 2.24) is 0 Å². The predicted molar refractivity (Wildman–Crippen MR) is 261 cm³/mol. The number of allylic oxidation sites excluding steroid dienone is 4. The van der Waals surface area contributed by atoms with E-state index in [1.165, 1.54) is 218 Å². The van der Waals surface area contributed by atoms with Crippen LogP contribution in [0.4, 0.5) is 0 Å². The largest absolute Gasteiger partial charge is 0.462 e. The first-order chi connectivity index (χ1) is 29.6. The minimum absolute atomic E-state index is 0.0886. The second-order valence-electron chi connectivity index (χ2n) is 18.1. The Morgan fingerprint density at radius 3 is 1.02 bits per heavy atom. The zero-order chi connectivity index (χ0) is 43.5. The molecule has 1 unspecified atom stereocenters. The van der Waals surface area contributed by atoms with Gasteiger partial charge in [0.1, 0.15) is 6.61 Å². The number of carbonyl (C=O) groups is 2. The summed E-state index contributed by atoms with van der Waals surface area (Å²) >= 11 is 0. The normalized spacial score (nSPS) is 12.2. The zero-order valence-electron chi connectivity index (χ0n) is 40.7. The maximum absolute atomic E-state index is 12.6. The van der Waals surface area contributed by atoms with Crippen molar-refractivity contribution in [3.63, 3.8) is 0 Å². The number of carbonyl (C=O) groups excluding carboxylic acids is 2. The number of hydrogen-bond donors (Lipinski definition) is 0. The van der Waals surface area contributed by atoms with Crippen LogP contribution in [0.3, 0.4) is 0 Å². The molecule has 0 radical (unpaired) electrons. The Kier molecular flexibility index (Phi) is 50.3. The minimum Gasteiger partial charge on any atom is -0.462 e. The number of hydrogen-bond acceptors (Lipinski definition) is 5. The molecule has 0 amide bonds. The summed E-state index contributed by atoms with van der Waals surface area (Å²) in [5.41, 5.74) is 0. The third-order valence-corrected chi connectivity index (χ3v) is 12.0. The van der Waals surface area contributed by atoms with Crippen molar-refractivity contribution < 1.29 is 23.8 Å². The van der Waals surface area contributed by atoms with Crippen LogP contribution in [0.5, 0.6) is 0 Å². The smallest absolute Gasteiger partial charge is 0.306 e. The standard InChI is InChI=1S/C55H104O5/c1-4-7-10-13-15-17-19-21-23-25-27-29-31-33-35-37-39-41-44-47-50-58-51-53(60-55(57)49-46-42-12-9-6-3)52-59-54(56)48-45-43-40-38-36-34-32-30-28-26-24-22-20-18-16-14-11-8-5-2/h21-24,53H,4-20,25-52H2,1-3H3/b23-21-,24-22-. The Hall–Kier alpha value is -1.62. The quantitative estimate of drug-likeness (QED) is 0.0347. The SMILES string of the molecule is CCCCCCCC/C=C\CCCCCCCCCCCCOCC(COC(=O)CCCCCCCCCCC/C=C\CCCCCCCC)OC(=O)CCCCCCC. The molecule has 354 valence electrons. The van der Waals surface area contributed by atoms with Gasteiger partial charge in [0.15, 0.2) is 6.10 Å². The highest BCUT2D eigenvalue weighted by Crippen LogP contribution is 2.15. The first-order valence-electron chi connectivity index (χ1n) is 26.9. The molecule has 0 rings (SSSR count).